The Balaban J connectivity index is 1.32. The van der Waals surface area contributed by atoms with E-state index in [2.05, 4.69) is 44.5 Å². The number of nitrogens with zero attached hydrogens (tertiary/aromatic N) is 6. The first-order valence-electron chi connectivity index (χ1n) is 10.5. The van der Waals surface area contributed by atoms with Crippen molar-refractivity contribution in [2.24, 2.45) is 5.92 Å². The number of hydrogen-bond acceptors (Lipinski definition) is 5. The minimum absolute atomic E-state index is 0.0267. The molecule has 30 heavy (non-hydrogen) atoms. The monoisotopic (exact) mass is 400 g/mol. The van der Waals surface area contributed by atoms with Gasteiger partial charge in [0.2, 0.25) is 5.91 Å². The van der Waals surface area contributed by atoms with Gasteiger partial charge in [0.15, 0.2) is 5.65 Å². The van der Waals surface area contributed by atoms with Gasteiger partial charge in [-0.3, -0.25) is 4.79 Å². The van der Waals surface area contributed by atoms with E-state index in [9.17, 15) is 4.79 Å². The highest BCUT2D eigenvalue weighted by Crippen LogP contribution is 2.30. The van der Waals surface area contributed by atoms with Gasteiger partial charge in [0.05, 0.1) is 5.69 Å². The zero-order chi connectivity index (χ0) is 20.5. The lowest BCUT2D eigenvalue weighted by Gasteiger charge is -2.34. The van der Waals surface area contributed by atoms with Crippen molar-refractivity contribution in [3.05, 3.63) is 60.9 Å². The Morgan fingerprint density at radius 2 is 1.87 bits per heavy atom. The smallest absolute Gasteiger partial charge is 0.230 e. The highest BCUT2D eigenvalue weighted by Gasteiger charge is 2.30. The molecule has 1 aliphatic heterocycles. The molecule has 0 N–H and O–H groups in total. The molecule has 2 aromatic heterocycles. The summed E-state index contributed by atoms with van der Waals surface area (Å²) in [5.74, 6) is 1.14. The van der Waals surface area contributed by atoms with E-state index in [0.717, 1.165) is 53.9 Å². The van der Waals surface area contributed by atoms with Crippen molar-refractivity contribution in [1.29, 1.82) is 0 Å². The number of hydrogen-bond donors (Lipinski definition) is 0. The molecule has 3 heterocycles. The zero-order valence-electron chi connectivity index (χ0n) is 17.0. The van der Waals surface area contributed by atoms with Gasteiger partial charge in [0.25, 0.3) is 0 Å². The minimum atomic E-state index is 0.0267. The molecule has 5 rings (SSSR count). The molecule has 0 unspecified atom stereocenters. The number of aromatic nitrogens is 4. The molecule has 0 radical (unpaired) electrons. The molecular weight excluding hydrogens is 376 g/mol. The Labute approximate surface area is 174 Å². The summed E-state index contributed by atoms with van der Waals surface area (Å²) >= 11 is 0. The third kappa shape index (κ3) is 3.26. The molecule has 0 aliphatic carbocycles. The number of carbonyl (C=O) groups is 1. The van der Waals surface area contributed by atoms with E-state index in [1.807, 2.05) is 42.2 Å². The molecule has 4 aromatic rings. The molecule has 0 spiro atoms. The first-order chi connectivity index (χ1) is 14.7. The average molecular weight is 400 g/mol. The van der Waals surface area contributed by atoms with E-state index in [4.69, 9.17) is 0 Å². The zero-order valence-corrected chi connectivity index (χ0v) is 17.0. The SMILES string of the molecule is CCN(C(=O)C1CCN(c2ccc3nncn3n2)CC1)c1cccc2ccccc12. The largest absolute Gasteiger partial charge is 0.355 e. The molecular formula is C23H24N6O. The van der Waals surface area contributed by atoms with E-state index in [0.29, 0.717) is 6.54 Å². The summed E-state index contributed by atoms with van der Waals surface area (Å²) in [6, 6.07) is 18.3. The van der Waals surface area contributed by atoms with E-state index in [-0.39, 0.29) is 11.8 Å². The second-order valence-electron chi connectivity index (χ2n) is 7.67. The fourth-order valence-electron chi connectivity index (χ4n) is 4.35. The maximum absolute atomic E-state index is 13.4. The first kappa shape index (κ1) is 18.5. The molecule has 1 aliphatic rings. The number of fused-ring (bicyclic) bond motifs is 2. The third-order valence-corrected chi connectivity index (χ3v) is 5.96. The molecule has 0 bridgehead atoms. The van der Waals surface area contributed by atoms with Crippen LogP contribution in [0.3, 0.4) is 0 Å². The van der Waals surface area contributed by atoms with Crippen LogP contribution in [0, 0.1) is 5.92 Å². The topological polar surface area (TPSA) is 66.6 Å². The maximum atomic E-state index is 13.4. The molecule has 7 nitrogen and oxygen atoms in total. The van der Waals surface area contributed by atoms with Crippen LogP contribution in [-0.4, -0.2) is 45.4 Å². The summed E-state index contributed by atoms with van der Waals surface area (Å²) in [7, 11) is 0. The lowest BCUT2D eigenvalue weighted by molar-refractivity contribution is -0.122. The predicted molar refractivity (Wildman–Crippen MR) is 118 cm³/mol. The maximum Gasteiger partial charge on any atom is 0.230 e. The second-order valence-corrected chi connectivity index (χ2v) is 7.67. The Kier molecular flexibility index (Phi) is 4.78. The second kappa shape index (κ2) is 7.74. The number of carbonyl (C=O) groups excluding carboxylic acids is 1. The fourth-order valence-corrected chi connectivity index (χ4v) is 4.35. The number of piperidine rings is 1. The van der Waals surface area contributed by atoms with Gasteiger partial charge in [-0.25, -0.2) is 0 Å². The van der Waals surface area contributed by atoms with Crippen molar-refractivity contribution >= 4 is 33.8 Å². The van der Waals surface area contributed by atoms with E-state index < -0.39 is 0 Å². The van der Waals surface area contributed by atoms with Crippen molar-refractivity contribution in [2.45, 2.75) is 19.8 Å². The summed E-state index contributed by atoms with van der Waals surface area (Å²) in [5, 5.41) is 14.8. The summed E-state index contributed by atoms with van der Waals surface area (Å²) in [6.45, 7) is 4.33. The van der Waals surface area contributed by atoms with Gasteiger partial charge in [-0.1, -0.05) is 36.4 Å². The first-order valence-corrected chi connectivity index (χ1v) is 10.5. The highest BCUT2D eigenvalue weighted by atomic mass is 16.2. The van der Waals surface area contributed by atoms with Crippen LogP contribution < -0.4 is 9.80 Å². The molecule has 1 amide bonds. The van der Waals surface area contributed by atoms with Crippen LogP contribution in [0.25, 0.3) is 16.4 Å². The van der Waals surface area contributed by atoms with Crippen molar-refractivity contribution in [3.63, 3.8) is 0 Å². The fraction of sp³-hybridized carbons (Fsp3) is 0.304. The van der Waals surface area contributed by atoms with Crippen molar-refractivity contribution < 1.29 is 4.79 Å². The average Bonchev–Trinajstić information content (AvgIpc) is 3.28. The molecule has 152 valence electrons. The van der Waals surface area contributed by atoms with Crippen LogP contribution in [0.5, 0.6) is 0 Å². The van der Waals surface area contributed by atoms with Crippen molar-refractivity contribution in [1.82, 2.24) is 19.8 Å². The Morgan fingerprint density at radius 1 is 1.07 bits per heavy atom. The van der Waals surface area contributed by atoms with Gasteiger partial charge >= 0.3 is 0 Å². The van der Waals surface area contributed by atoms with Gasteiger partial charge in [0, 0.05) is 30.9 Å². The number of benzene rings is 2. The van der Waals surface area contributed by atoms with Crippen LogP contribution >= 0.6 is 0 Å². The summed E-state index contributed by atoms with van der Waals surface area (Å²) in [4.78, 5) is 17.6. The van der Waals surface area contributed by atoms with Crippen LogP contribution in [-0.2, 0) is 4.79 Å². The van der Waals surface area contributed by atoms with E-state index in [1.165, 1.54) is 0 Å². The van der Waals surface area contributed by atoms with Gasteiger partial charge in [-0.2, -0.15) is 4.52 Å². The Bertz CT molecular complexity index is 1190. The van der Waals surface area contributed by atoms with Gasteiger partial charge in [-0.15, -0.1) is 15.3 Å². The summed E-state index contributed by atoms with van der Waals surface area (Å²) in [6.07, 6.45) is 3.25. The molecule has 2 aromatic carbocycles. The lowest BCUT2D eigenvalue weighted by Crippen LogP contribution is -2.43. The summed E-state index contributed by atoms with van der Waals surface area (Å²) in [5.41, 5.74) is 1.74. The predicted octanol–water partition coefficient (Wildman–Crippen LogP) is 3.55. The molecule has 7 heteroatoms. The normalized spacial score (nSPS) is 15.0. The molecule has 1 saturated heterocycles. The molecule has 1 fully saturated rings. The minimum Gasteiger partial charge on any atom is -0.355 e. The highest BCUT2D eigenvalue weighted by molar-refractivity contribution is 6.04. The number of amides is 1. The van der Waals surface area contributed by atoms with Gasteiger partial charge < -0.3 is 9.80 Å². The van der Waals surface area contributed by atoms with Crippen LogP contribution in [0.4, 0.5) is 11.5 Å². The quantitative estimate of drug-likeness (QED) is 0.524. The number of rotatable bonds is 4. The van der Waals surface area contributed by atoms with E-state index >= 15 is 0 Å². The Morgan fingerprint density at radius 3 is 2.70 bits per heavy atom. The van der Waals surface area contributed by atoms with Crippen molar-refractivity contribution in [3.8, 4) is 0 Å². The van der Waals surface area contributed by atoms with Crippen LogP contribution in [0.1, 0.15) is 19.8 Å². The third-order valence-electron chi connectivity index (χ3n) is 5.96. The number of anilines is 2. The Hall–Kier alpha value is -3.48. The lowest BCUT2D eigenvalue weighted by atomic mass is 9.94. The molecule has 0 atom stereocenters. The van der Waals surface area contributed by atoms with Gasteiger partial charge in [-0.05, 0) is 43.4 Å². The standard InChI is InChI=1S/C23H24N6O/c1-2-28(20-9-5-7-17-6-3-4-8-19(17)20)23(30)18-12-14-27(15-13-18)22-11-10-21-25-24-16-29(21)26-22/h3-11,16,18H,2,12-15H2,1H3. The van der Waals surface area contributed by atoms with Gasteiger partial charge in [0.1, 0.15) is 12.1 Å². The van der Waals surface area contributed by atoms with Crippen LogP contribution in [0.15, 0.2) is 60.9 Å². The van der Waals surface area contributed by atoms with Crippen molar-refractivity contribution in [2.75, 3.05) is 29.4 Å². The molecule has 0 saturated carbocycles. The van der Waals surface area contributed by atoms with Crippen LogP contribution in [0.2, 0.25) is 0 Å². The summed E-state index contributed by atoms with van der Waals surface area (Å²) < 4.78 is 1.69. The van der Waals surface area contributed by atoms with E-state index in [1.54, 1.807) is 10.8 Å².